The first-order valence-corrected chi connectivity index (χ1v) is 10.0. The maximum atomic E-state index is 13.3. The quantitative estimate of drug-likeness (QED) is 0.795. The summed E-state index contributed by atoms with van der Waals surface area (Å²) in [5, 5.41) is 8.95. The van der Waals surface area contributed by atoms with Crippen molar-refractivity contribution in [1.29, 1.82) is 5.26 Å². The molecule has 1 aromatic rings. The first-order valence-electron chi connectivity index (χ1n) is 10.0. The van der Waals surface area contributed by atoms with Gasteiger partial charge in [0.05, 0.1) is 17.6 Å². The fourth-order valence-corrected chi connectivity index (χ4v) is 3.56. The molecule has 2 fully saturated rings. The van der Waals surface area contributed by atoms with E-state index < -0.39 is 5.60 Å². The molecule has 0 aromatic heterocycles. The van der Waals surface area contributed by atoms with E-state index in [0.717, 1.165) is 31.2 Å². The number of amides is 2. The second kappa shape index (κ2) is 8.22. The fraction of sp³-hybridized carbons (Fsp3) is 0.591. The molecule has 6 nitrogen and oxygen atoms in total. The van der Waals surface area contributed by atoms with Crippen LogP contribution in [0.3, 0.4) is 0 Å². The van der Waals surface area contributed by atoms with E-state index in [2.05, 4.69) is 6.07 Å². The van der Waals surface area contributed by atoms with Gasteiger partial charge in [-0.15, -0.1) is 0 Å². The van der Waals surface area contributed by atoms with Crippen LogP contribution in [0.25, 0.3) is 0 Å². The summed E-state index contributed by atoms with van der Waals surface area (Å²) in [4.78, 5) is 29.3. The van der Waals surface area contributed by atoms with Crippen LogP contribution in [-0.4, -0.2) is 46.5 Å². The third-order valence-corrected chi connectivity index (χ3v) is 5.13. The average Bonchev–Trinajstić information content (AvgIpc) is 3.50. The second-order valence-corrected chi connectivity index (χ2v) is 8.77. The SMILES string of the molecule is CC(C)(C)OC(=O)N1CCC[C@@H](C(=O)N(Cc2ccc(C#N)cc2)C2CC2)C1. The number of likely N-dealkylation sites (tertiary alicyclic amines) is 1. The van der Waals surface area contributed by atoms with Crippen molar-refractivity contribution in [3.05, 3.63) is 35.4 Å². The highest BCUT2D eigenvalue weighted by molar-refractivity contribution is 5.81. The van der Waals surface area contributed by atoms with Crippen molar-refractivity contribution >= 4 is 12.0 Å². The molecule has 0 spiro atoms. The summed E-state index contributed by atoms with van der Waals surface area (Å²) in [6.07, 6.45) is 3.34. The van der Waals surface area contributed by atoms with E-state index in [9.17, 15) is 9.59 Å². The standard InChI is InChI=1S/C22H29N3O3/c1-22(2,3)28-21(27)24-12-4-5-18(15-24)20(26)25(19-10-11-19)14-17-8-6-16(13-23)7-9-17/h6-9,18-19H,4-5,10-12,14-15H2,1-3H3/t18-/m1/s1. The van der Waals surface area contributed by atoms with Gasteiger partial charge < -0.3 is 14.5 Å². The Labute approximate surface area is 167 Å². The highest BCUT2D eigenvalue weighted by Gasteiger charge is 2.38. The van der Waals surface area contributed by atoms with Gasteiger partial charge >= 0.3 is 6.09 Å². The lowest BCUT2D eigenvalue weighted by atomic mass is 9.96. The molecule has 2 aliphatic rings. The molecule has 3 rings (SSSR count). The zero-order valence-corrected chi connectivity index (χ0v) is 17.0. The monoisotopic (exact) mass is 383 g/mol. The van der Waals surface area contributed by atoms with E-state index >= 15 is 0 Å². The number of rotatable bonds is 4. The van der Waals surface area contributed by atoms with Gasteiger partial charge in [-0.2, -0.15) is 5.26 Å². The van der Waals surface area contributed by atoms with Crippen LogP contribution in [-0.2, 0) is 16.1 Å². The molecule has 1 atom stereocenters. The first-order chi connectivity index (χ1) is 13.3. The van der Waals surface area contributed by atoms with Gasteiger partial charge in [0.1, 0.15) is 5.60 Å². The van der Waals surface area contributed by atoms with Crippen LogP contribution < -0.4 is 0 Å². The second-order valence-electron chi connectivity index (χ2n) is 8.77. The minimum atomic E-state index is -0.538. The van der Waals surface area contributed by atoms with Crippen molar-refractivity contribution < 1.29 is 14.3 Å². The van der Waals surface area contributed by atoms with Crippen LogP contribution in [0.1, 0.15) is 57.6 Å². The summed E-state index contributed by atoms with van der Waals surface area (Å²) in [5.41, 5.74) is 1.11. The lowest BCUT2D eigenvalue weighted by Gasteiger charge is -2.36. The Hall–Kier alpha value is -2.55. The Morgan fingerprint density at radius 2 is 1.89 bits per heavy atom. The van der Waals surface area contributed by atoms with Gasteiger partial charge in [0.2, 0.25) is 5.91 Å². The Bertz CT molecular complexity index is 757. The summed E-state index contributed by atoms with van der Waals surface area (Å²) in [7, 11) is 0. The van der Waals surface area contributed by atoms with Crippen LogP contribution in [0.15, 0.2) is 24.3 Å². The van der Waals surface area contributed by atoms with Crippen molar-refractivity contribution in [3.8, 4) is 6.07 Å². The third-order valence-electron chi connectivity index (χ3n) is 5.13. The van der Waals surface area contributed by atoms with E-state index in [1.165, 1.54) is 0 Å². The van der Waals surface area contributed by atoms with Crippen LogP contribution in [0.4, 0.5) is 4.79 Å². The van der Waals surface area contributed by atoms with E-state index in [1.807, 2.05) is 37.8 Å². The zero-order valence-electron chi connectivity index (χ0n) is 17.0. The van der Waals surface area contributed by atoms with Gasteiger partial charge in [-0.05, 0) is 64.2 Å². The first kappa shape index (κ1) is 20.2. The number of hydrogen-bond donors (Lipinski definition) is 0. The molecule has 28 heavy (non-hydrogen) atoms. The number of ether oxygens (including phenoxy) is 1. The lowest BCUT2D eigenvalue weighted by Crippen LogP contribution is -2.48. The highest BCUT2D eigenvalue weighted by atomic mass is 16.6. The zero-order chi connectivity index (χ0) is 20.3. The molecule has 0 radical (unpaired) electrons. The maximum absolute atomic E-state index is 13.3. The molecule has 6 heteroatoms. The number of nitriles is 1. The molecule has 1 aromatic carbocycles. The Morgan fingerprint density at radius 3 is 2.46 bits per heavy atom. The van der Waals surface area contributed by atoms with Crippen LogP contribution >= 0.6 is 0 Å². The van der Waals surface area contributed by atoms with E-state index in [1.54, 1.807) is 17.0 Å². The largest absolute Gasteiger partial charge is 0.444 e. The molecule has 0 N–H and O–H groups in total. The molecule has 1 aliphatic heterocycles. The smallest absolute Gasteiger partial charge is 0.410 e. The minimum absolute atomic E-state index is 0.125. The summed E-state index contributed by atoms with van der Waals surface area (Å²) in [5.74, 6) is -0.0552. The average molecular weight is 383 g/mol. The predicted octanol–water partition coefficient (Wildman–Crippen LogP) is 3.70. The van der Waals surface area contributed by atoms with Crippen molar-refractivity contribution in [1.82, 2.24) is 9.80 Å². The molecular formula is C22H29N3O3. The molecular weight excluding hydrogens is 354 g/mol. The molecule has 1 heterocycles. The summed E-state index contributed by atoms with van der Waals surface area (Å²) >= 11 is 0. The fourth-order valence-electron chi connectivity index (χ4n) is 3.56. The van der Waals surface area contributed by atoms with Crippen molar-refractivity contribution in [3.63, 3.8) is 0 Å². The number of benzene rings is 1. The van der Waals surface area contributed by atoms with Gasteiger partial charge in [0.25, 0.3) is 0 Å². The molecule has 1 saturated heterocycles. The minimum Gasteiger partial charge on any atom is -0.444 e. The number of nitrogens with zero attached hydrogens (tertiary/aromatic N) is 3. The van der Waals surface area contributed by atoms with Crippen molar-refractivity contribution in [2.24, 2.45) is 5.92 Å². The van der Waals surface area contributed by atoms with E-state index in [4.69, 9.17) is 10.00 Å². The molecule has 0 unspecified atom stereocenters. The lowest BCUT2D eigenvalue weighted by molar-refractivity contribution is -0.138. The van der Waals surface area contributed by atoms with Gasteiger partial charge in [0, 0.05) is 25.7 Å². The van der Waals surface area contributed by atoms with E-state index in [-0.39, 0.29) is 17.9 Å². The van der Waals surface area contributed by atoms with Crippen molar-refractivity contribution in [2.45, 2.75) is 64.6 Å². The number of carbonyl (C=O) groups is 2. The van der Waals surface area contributed by atoms with Crippen LogP contribution in [0.2, 0.25) is 0 Å². The van der Waals surface area contributed by atoms with Gasteiger partial charge in [-0.1, -0.05) is 12.1 Å². The topological polar surface area (TPSA) is 73.6 Å². The number of carbonyl (C=O) groups excluding carboxylic acids is 2. The summed E-state index contributed by atoms with van der Waals surface area (Å²) in [6.45, 7) is 7.16. The van der Waals surface area contributed by atoms with Crippen LogP contribution in [0.5, 0.6) is 0 Å². The van der Waals surface area contributed by atoms with Crippen molar-refractivity contribution in [2.75, 3.05) is 13.1 Å². The predicted molar refractivity (Wildman–Crippen MR) is 105 cm³/mol. The highest BCUT2D eigenvalue weighted by Crippen LogP contribution is 2.31. The third kappa shape index (κ3) is 5.25. The van der Waals surface area contributed by atoms with Gasteiger partial charge in [0.15, 0.2) is 0 Å². The van der Waals surface area contributed by atoms with Gasteiger partial charge in [-0.25, -0.2) is 4.79 Å². The Morgan fingerprint density at radius 1 is 1.21 bits per heavy atom. The van der Waals surface area contributed by atoms with E-state index in [0.29, 0.717) is 31.2 Å². The van der Waals surface area contributed by atoms with Gasteiger partial charge in [-0.3, -0.25) is 4.79 Å². The number of piperidine rings is 1. The molecule has 1 aliphatic carbocycles. The summed E-state index contributed by atoms with van der Waals surface area (Å²) < 4.78 is 5.48. The van der Waals surface area contributed by atoms with Crippen LogP contribution in [0, 0.1) is 17.2 Å². The maximum Gasteiger partial charge on any atom is 0.410 e. The summed E-state index contributed by atoms with van der Waals surface area (Å²) in [6, 6.07) is 9.81. The molecule has 150 valence electrons. The number of hydrogen-bond acceptors (Lipinski definition) is 4. The normalized spacial score (nSPS) is 19.6. The molecule has 1 saturated carbocycles. The molecule has 2 amide bonds. The Balaban J connectivity index is 1.65. The Kier molecular flexibility index (Phi) is 5.93. The molecule has 0 bridgehead atoms.